The van der Waals surface area contributed by atoms with Crippen LogP contribution in [0.25, 0.3) is 0 Å². The van der Waals surface area contributed by atoms with Crippen molar-refractivity contribution >= 4 is 15.9 Å². The maximum Gasteiger partial charge on any atom is 0.128 e. The maximum atomic E-state index is 5.27. The van der Waals surface area contributed by atoms with Gasteiger partial charge < -0.3 is 9.47 Å². The fourth-order valence-electron chi connectivity index (χ4n) is 1.23. The molecule has 0 fully saturated rings. The van der Waals surface area contributed by atoms with Crippen LogP contribution < -0.4 is 20.7 Å². The smallest absolute Gasteiger partial charge is 0.128 e. The highest BCUT2D eigenvalue weighted by molar-refractivity contribution is 9.10. The second-order valence-corrected chi connectivity index (χ2v) is 3.59. The van der Waals surface area contributed by atoms with Gasteiger partial charge in [0.05, 0.1) is 19.8 Å². The number of hydrogen-bond acceptors (Lipinski definition) is 4. The van der Waals surface area contributed by atoms with Gasteiger partial charge in [-0.25, -0.2) is 0 Å². The van der Waals surface area contributed by atoms with Gasteiger partial charge in [-0.3, -0.25) is 11.3 Å². The number of ether oxygens (including phenoxy) is 2. The lowest BCUT2D eigenvalue weighted by Gasteiger charge is -2.13. The average molecular weight is 261 g/mol. The molecular weight excluding hydrogens is 248 g/mol. The molecule has 1 aromatic carbocycles. The summed E-state index contributed by atoms with van der Waals surface area (Å²) < 4.78 is 11.3. The molecule has 0 aliphatic heterocycles. The van der Waals surface area contributed by atoms with Crippen LogP contribution in [-0.4, -0.2) is 14.2 Å². The summed E-state index contributed by atoms with van der Waals surface area (Å²) in [5.74, 6) is 6.76. The first-order valence-electron chi connectivity index (χ1n) is 4.06. The average Bonchev–Trinajstić information content (AvgIpc) is 2.20. The van der Waals surface area contributed by atoms with E-state index in [-0.39, 0.29) is 0 Å². The monoisotopic (exact) mass is 260 g/mol. The van der Waals surface area contributed by atoms with E-state index in [9.17, 15) is 0 Å². The van der Waals surface area contributed by atoms with Gasteiger partial charge in [0, 0.05) is 11.0 Å². The Morgan fingerprint density at radius 1 is 1.29 bits per heavy atom. The van der Waals surface area contributed by atoms with E-state index < -0.39 is 0 Å². The minimum absolute atomic E-state index is 0.500. The molecule has 3 N–H and O–H groups in total. The zero-order valence-electron chi connectivity index (χ0n) is 8.13. The summed E-state index contributed by atoms with van der Waals surface area (Å²) >= 11 is 3.37. The summed E-state index contributed by atoms with van der Waals surface area (Å²) in [4.78, 5) is 0. The van der Waals surface area contributed by atoms with Crippen molar-refractivity contribution in [2.24, 2.45) is 5.84 Å². The van der Waals surface area contributed by atoms with Gasteiger partial charge >= 0.3 is 0 Å². The Morgan fingerprint density at radius 3 is 2.14 bits per heavy atom. The Labute approximate surface area is 91.5 Å². The van der Waals surface area contributed by atoms with Gasteiger partial charge in [0.25, 0.3) is 0 Å². The number of nitrogens with two attached hydrogens (primary N) is 1. The van der Waals surface area contributed by atoms with Crippen LogP contribution >= 0.6 is 15.9 Å². The Bertz CT molecular complexity index is 293. The van der Waals surface area contributed by atoms with Crippen molar-refractivity contribution in [3.63, 3.8) is 0 Å². The zero-order valence-corrected chi connectivity index (χ0v) is 9.72. The van der Waals surface area contributed by atoms with Gasteiger partial charge in [0.2, 0.25) is 0 Å². The highest BCUT2D eigenvalue weighted by atomic mass is 79.9. The van der Waals surface area contributed by atoms with E-state index in [1.54, 1.807) is 14.2 Å². The number of rotatable bonds is 4. The summed E-state index contributed by atoms with van der Waals surface area (Å²) in [6.45, 7) is 0.500. The number of hydrazine groups is 1. The third-order valence-electron chi connectivity index (χ3n) is 1.85. The van der Waals surface area contributed by atoms with Gasteiger partial charge in [0.1, 0.15) is 11.5 Å². The quantitative estimate of drug-likeness (QED) is 0.636. The lowest BCUT2D eigenvalue weighted by atomic mass is 10.2. The Morgan fingerprint density at radius 2 is 1.79 bits per heavy atom. The molecule has 0 unspecified atom stereocenters. The predicted molar refractivity (Wildman–Crippen MR) is 58.3 cm³/mol. The summed E-state index contributed by atoms with van der Waals surface area (Å²) in [5.41, 5.74) is 3.48. The van der Waals surface area contributed by atoms with Crippen molar-refractivity contribution in [1.29, 1.82) is 0 Å². The molecule has 0 aliphatic carbocycles. The number of nitrogens with one attached hydrogen (secondary N) is 1. The van der Waals surface area contributed by atoms with Gasteiger partial charge in [-0.15, -0.1) is 0 Å². The Balaban J connectivity index is 3.18. The van der Waals surface area contributed by atoms with E-state index in [1.807, 2.05) is 12.1 Å². The second-order valence-electron chi connectivity index (χ2n) is 2.67. The van der Waals surface area contributed by atoms with Crippen LogP contribution in [0.15, 0.2) is 16.6 Å². The van der Waals surface area contributed by atoms with Crippen LogP contribution in [-0.2, 0) is 6.54 Å². The van der Waals surface area contributed by atoms with Gasteiger partial charge in [0.15, 0.2) is 0 Å². The minimum atomic E-state index is 0.500. The number of halogens is 1. The standard InChI is InChI=1S/C9H13BrN2O2/c1-13-8-3-6(10)4-9(14-2)7(8)5-12-11/h3-4,12H,5,11H2,1-2H3. The zero-order chi connectivity index (χ0) is 10.6. The molecule has 5 heteroatoms. The lowest BCUT2D eigenvalue weighted by molar-refractivity contribution is 0.382. The maximum absolute atomic E-state index is 5.27. The molecule has 0 aromatic heterocycles. The van der Waals surface area contributed by atoms with Gasteiger partial charge in [-0.1, -0.05) is 15.9 Å². The summed E-state index contributed by atoms with van der Waals surface area (Å²) in [7, 11) is 3.22. The topological polar surface area (TPSA) is 56.5 Å². The fourth-order valence-corrected chi connectivity index (χ4v) is 1.64. The molecule has 78 valence electrons. The van der Waals surface area contributed by atoms with Crippen LogP contribution in [0.5, 0.6) is 11.5 Å². The van der Waals surface area contributed by atoms with E-state index in [0.717, 1.165) is 21.5 Å². The van der Waals surface area contributed by atoms with Crippen molar-refractivity contribution in [3.05, 3.63) is 22.2 Å². The summed E-state index contributed by atoms with van der Waals surface area (Å²) in [5, 5.41) is 0. The first-order chi connectivity index (χ1) is 6.72. The Kier molecular flexibility index (Phi) is 4.19. The summed E-state index contributed by atoms with van der Waals surface area (Å²) in [6, 6.07) is 3.74. The number of methoxy groups -OCH3 is 2. The normalized spacial score (nSPS) is 10.0. The van der Waals surface area contributed by atoms with E-state index in [0.29, 0.717) is 6.54 Å². The molecule has 0 aliphatic rings. The first-order valence-corrected chi connectivity index (χ1v) is 4.86. The molecule has 0 bridgehead atoms. The van der Waals surface area contributed by atoms with Crippen LogP contribution in [0.3, 0.4) is 0 Å². The lowest BCUT2D eigenvalue weighted by Crippen LogP contribution is -2.21. The van der Waals surface area contributed by atoms with Gasteiger partial charge in [-0.2, -0.15) is 0 Å². The van der Waals surface area contributed by atoms with Crippen molar-refractivity contribution < 1.29 is 9.47 Å². The van der Waals surface area contributed by atoms with Crippen molar-refractivity contribution in [2.75, 3.05) is 14.2 Å². The van der Waals surface area contributed by atoms with Crippen LogP contribution in [0, 0.1) is 0 Å². The highest BCUT2D eigenvalue weighted by Gasteiger charge is 2.10. The first kappa shape index (κ1) is 11.3. The number of hydrogen-bond donors (Lipinski definition) is 2. The molecule has 0 saturated carbocycles. The predicted octanol–water partition coefficient (Wildman–Crippen LogP) is 1.43. The molecule has 0 atom stereocenters. The molecule has 14 heavy (non-hydrogen) atoms. The molecule has 0 heterocycles. The van der Waals surface area contributed by atoms with Crippen LogP contribution in [0.1, 0.15) is 5.56 Å². The van der Waals surface area contributed by atoms with Crippen molar-refractivity contribution in [1.82, 2.24) is 5.43 Å². The van der Waals surface area contributed by atoms with Crippen LogP contribution in [0.2, 0.25) is 0 Å². The van der Waals surface area contributed by atoms with E-state index >= 15 is 0 Å². The van der Waals surface area contributed by atoms with E-state index in [1.165, 1.54) is 0 Å². The molecule has 0 amide bonds. The molecule has 1 aromatic rings. The fraction of sp³-hybridized carbons (Fsp3) is 0.333. The molecule has 0 radical (unpaired) electrons. The summed E-state index contributed by atoms with van der Waals surface area (Å²) in [6.07, 6.45) is 0. The third kappa shape index (κ3) is 2.37. The highest BCUT2D eigenvalue weighted by Crippen LogP contribution is 2.32. The van der Waals surface area contributed by atoms with E-state index in [4.69, 9.17) is 15.3 Å². The molecule has 0 saturated heterocycles. The van der Waals surface area contributed by atoms with Crippen molar-refractivity contribution in [2.45, 2.75) is 6.54 Å². The molecule has 0 spiro atoms. The SMILES string of the molecule is COc1cc(Br)cc(OC)c1CNN. The second kappa shape index (κ2) is 5.19. The molecule has 1 rings (SSSR count). The van der Waals surface area contributed by atoms with Gasteiger partial charge in [-0.05, 0) is 12.1 Å². The largest absolute Gasteiger partial charge is 0.496 e. The molecular formula is C9H13BrN2O2. The van der Waals surface area contributed by atoms with E-state index in [2.05, 4.69) is 21.4 Å². The van der Waals surface area contributed by atoms with Crippen molar-refractivity contribution in [3.8, 4) is 11.5 Å². The molecule has 4 nitrogen and oxygen atoms in total. The number of benzene rings is 1. The van der Waals surface area contributed by atoms with Crippen LogP contribution in [0.4, 0.5) is 0 Å². The minimum Gasteiger partial charge on any atom is -0.496 e. The third-order valence-corrected chi connectivity index (χ3v) is 2.31. The Hall–Kier alpha value is -0.780.